The topological polar surface area (TPSA) is 33.2 Å². The molecule has 0 aliphatic carbocycles. The first-order valence-electron chi connectivity index (χ1n) is 10.8. The van der Waals surface area contributed by atoms with E-state index in [2.05, 4.69) is 57.7 Å². The zero-order valence-corrected chi connectivity index (χ0v) is 20.4. The van der Waals surface area contributed by atoms with Gasteiger partial charge in [-0.3, -0.25) is 4.79 Å². The van der Waals surface area contributed by atoms with Gasteiger partial charge in [0.2, 0.25) is 11.9 Å². The Bertz CT molecular complexity index is 822. The summed E-state index contributed by atoms with van der Waals surface area (Å²) in [5, 5.41) is 4.79. The standard InChI is InChI=1S/C24H36F2N2OS/c1-16(2)30(17(3)4,18(5)6)12-9-21-13-22(23(25)27-14-21)24(26)10-11-28(20(8)29)15-19(24)7/h13-14,16-19H,10-11,15H2,1-8H3/t19-,24+/m0/s1. The molecule has 6 heteroatoms. The fourth-order valence-corrected chi connectivity index (χ4v) is 9.01. The number of likely N-dealkylation sites (tertiary alicyclic amines) is 1. The van der Waals surface area contributed by atoms with Gasteiger partial charge in [-0.2, -0.15) is 14.4 Å². The third-order valence-electron chi connectivity index (χ3n) is 6.47. The number of halogens is 2. The summed E-state index contributed by atoms with van der Waals surface area (Å²) >= 11 is 0. The van der Waals surface area contributed by atoms with E-state index in [1.807, 2.05) is 0 Å². The molecular formula is C24H36F2N2OS. The summed E-state index contributed by atoms with van der Waals surface area (Å²) in [7, 11) is -1.26. The van der Waals surface area contributed by atoms with E-state index >= 15 is 4.39 Å². The molecule has 0 unspecified atom stereocenters. The number of hydrogen-bond acceptors (Lipinski definition) is 2. The Balaban J connectivity index is 2.46. The summed E-state index contributed by atoms with van der Waals surface area (Å²) in [6, 6.07) is 1.53. The Labute approximate surface area is 182 Å². The SMILES string of the molecule is CC(=O)N1CC[C@](F)(c2cc(C#CS(C(C)C)(C(C)C)C(C)C)cnc2F)[C@@H](C)C1. The van der Waals surface area contributed by atoms with Gasteiger partial charge in [-0.25, -0.2) is 9.37 Å². The van der Waals surface area contributed by atoms with Crippen molar-refractivity contribution >= 4 is 15.9 Å². The van der Waals surface area contributed by atoms with Crippen molar-refractivity contribution in [2.45, 2.75) is 83.2 Å². The number of pyridine rings is 1. The molecule has 1 aliphatic heterocycles. The van der Waals surface area contributed by atoms with E-state index in [1.165, 1.54) is 19.2 Å². The highest BCUT2D eigenvalue weighted by atomic mass is 32.3. The molecule has 168 valence electrons. The molecule has 0 bridgehead atoms. The highest BCUT2D eigenvalue weighted by Crippen LogP contribution is 2.59. The molecule has 1 aromatic rings. The molecule has 0 radical (unpaired) electrons. The van der Waals surface area contributed by atoms with Crippen LogP contribution < -0.4 is 0 Å². The van der Waals surface area contributed by atoms with Crippen LogP contribution in [0.4, 0.5) is 8.78 Å². The van der Waals surface area contributed by atoms with Crippen molar-refractivity contribution in [3.8, 4) is 11.2 Å². The number of rotatable bonds is 4. The van der Waals surface area contributed by atoms with Gasteiger partial charge in [-0.05, 0) is 27.1 Å². The van der Waals surface area contributed by atoms with E-state index in [9.17, 15) is 9.18 Å². The van der Waals surface area contributed by atoms with Gasteiger partial charge in [0.1, 0.15) is 5.67 Å². The van der Waals surface area contributed by atoms with Crippen LogP contribution in [0.25, 0.3) is 0 Å². The van der Waals surface area contributed by atoms with Gasteiger partial charge < -0.3 is 4.90 Å². The van der Waals surface area contributed by atoms with E-state index < -0.39 is 27.6 Å². The van der Waals surface area contributed by atoms with E-state index in [4.69, 9.17) is 0 Å². The van der Waals surface area contributed by atoms with Crippen molar-refractivity contribution in [1.82, 2.24) is 9.88 Å². The van der Waals surface area contributed by atoms with Crippen molar-refractivity contribution in [3.05, 3.63) is 29.3 Å². The van der Waals surface area contributed by atoms with Gasteiger partial charge in [-0.1, -0.05) is 54.4 Å². The lowest BCUT2D eigenvalue weighted by Gasteiger charge is -2.46. The summed E-state index contributed by atoms with van der Waals surface area (Å²) in [4.78, 5) is 17.1. The second-order valence-corrected chi connectivity index (χ2v) is 13.7. The first-order chi connectivity index (χ1) is 13.9. The van der Waals surface area contributed by atoms with Crippen molar-refractivity contribution in [1.29, 1.82) is 0 Å². The molecule has 1 saturated heterocycles. The van der Waals surface area contributed by atoms with Gasteiger partial charge >= 0.3 is 0 Å². The van der Waals surface area contributed by atoms with Gasteiger partial charge in [0.25, 0.3) is 0 Å². The third kappa shape index (κ3) is 4.51. The Kier molecular flexibility index (Phi) is 7.61. The van der Waals surface area contributed by atoms with Crippen molar-refractivity contribution in [2.75, 3.05) is 13.1 Å². The number of piperidine rings is 1. The van der Waals surface area contributed by atoms with Crippen LogP contribution in [0.3, 0.4) is 0 Å². The quantitative estimate of drug-likeness (QED) is 0.452. The molecular weight excluding hydrogens is 402 g/mol. The number of carbonyl (C=O) groups excluding carboxylic acids is 1. The maximum atomic E-state index is 16.0. The lowest BCUT2D eigenvalue weighted by atomic mass is 9.78. The van der Waals surface area contributed by atoms with Gasteiger partial charge in [-0.15, -0.1) is 0 Å². The van der Waals surface area contributed by atoms with Crippen LogP contribution in [-0.2, 0) is 10.5 Å². The van der Waals surface area contributed by atoms with Gasteiger partial charge in [0, 0.05) is 49.7 Å². The highest BCUT2D eigenvalue weighted by Gasteiger charge is 2.45. The summed E-state index contributed by atoms with van der Waals surface area (Å²) in [6.45, 7) is 17.0. The Morgan fingerprint density at radius 1 is 1.23 bits per heavy atom. The first kappa shape index (κ1) is 24.7. The summed E-state index contributed by atoms with van der Waals surface area (Å²) in [6.07, 6.45) is 1.46. The van der Waals surface area contributed by atoms with Crippen molar-refractivity contribution in [3.63, 3.8) is 0 Å². The Morgan fingerprint density at radius 3 is 2.27 bits per heavy atom. The van der Waals surface area contributed by atoms with Crippen LogP contribution >= 0.6 is 10.0 Å². The maximum absolute atomic E-state index is 16.0. The molecule has 0 N–H and O–H groups in total. The lowest BCUT2D eigenvalue weighted by molar-refractivity contribution is -0.133. The number of nitrogens with zero attached hydrogens (tertiary/aromatic N) is 2. The monoisotopic (exact) mass is 438 g/mol. The lowest BCUT2D eigenvalue weighted by Crippen LogP contribution is -2.48. The molecule has 0 saturated carbocycles. The number of amides is 1. The van der Waals surface area contributed by atoms with E-state index in [1.54, 1.807) is 11.8 Å². The maximum Gasteiger partial charge on any atom is 0.219 e. The Morgan fingerprint density at radius 2 is 1.80 bits per heavy atom. The largest absolute Gasteiger partial charge is 0.342 e. The first-order valence-corrected chi connectivity index (χ1v) is 12.6. The number of aromatic nitrogens is 1. The van der Waals surface area contributed by atoms with Crippen LogP contribution in [0, 0.1) is 23.0 Å². The summed E-state index contributed by atoms with van der Waals surface area (Å²) in [5.41, 5.74) is -1.36. The molecule has 1 amide bonds. The average molecular weight is 439 g/mol. The van der Waals surface area contributed by atoms with Gasteiger partial charge in [0.15, 0.2) is 0 Å². The van der Waals surface area contributed by atoms with Gasteiger partial charge in [0.05, 0.1) is 0 Å². The second-order valence-electron chi connectivity index (χ2n) is 9.18. The van der Waals surface area contributed by atoms with E-state index in [0.717, 1.165) is 0 Å². The van der Waals surface area contributed by atoms with Crippen LogP contribution in [0.2, 0.25) is 0 Å². The molecule has 1 aromatic heterocycles. The normalized spacial score (nSPS) is 23.0. The summed E-state index contributed by atoms with van der Waals surface area (Å²) in [5.74, 6) is 1.82. The smallest absolute Gasteiger partial charge is 0.219 e. The molecule has 0 aromatic carbocycles. The third-order valence-corrected chi connectivity index (χ3v) is 11.6. The van der Waals surface area contributed by atoms with Crippen LogP contribution in [0.15, 0.2) is 12.3 Å². The predicted molar refractivity (Wildman–Crippen MR) is 123 cm³/mol. The number of alkyl halides is 1. The van der Waals surface area contributed by atoms with Crippen LogP contribution in [0.1, 0.15) is 72.9 Å². The van der Waals surface area contributed by atoms with Crippen LogP contribution in [-0.4, -0.2) is 44.6 Å². The summed E-state index contributed by atoms with van der Waals surface area (Å²) < 4.78 is 30.6. The molecule has 1 aliphatic rings. The predicted octanol–water partition coefficient (Wildman–Crippen LogP) is 5.61. The molecule has 1 fully saturated rings. The van der Waals surface area contributed by atoms with Crippen molar-refractivity contribution < 1.29 is 13.6 Å². The highest BCUT2D eigenvalue weighted by molar-refractivity contribution is 8.38. The van der Waals surface area contributed by atoms with Crippen molar-refractivity contribution in [2.24, 2.45) is 5.92 Å². The minimum absolute atomic E-state index is 0.0377. The van der Waals surface area contributed by atoms with Crippen LogP contribution in [0.5, 0.6) is 0 Å². The molecule has 30 heavy (non-hydrogen) atoms. The molecule has 2 atom stereocenters. The molecule has 2 heterocycles. The number of hydrogen-bond donors (Lipinski definition) is 0. The zero-order chi connectivity index (χ0) is 22.9. The number of carbonyl (C=O) groups is 1. The fourth-order valence-electron chi connectivity index (χ4n) is 4.74. The molecule has 0 spiro atoms. The minimum atomic E-state index is -1.86. The second kappa shape index (κ2) is 9.26. The Hall–Kier alpha value is -1.61. The van der Waals surface area contributed by atoms with E-state index in [-0.39, 0.29) is 31.0 Å². The fraction of sp³-hybridized carbons (Fsp3) is 0.667. The molecule has 2 rings (SSSR count). The minimum Gasteiger partial charge on any atom is -0.342 e. The zero-order valence-electron chi connectivity index (χ0n) is 19.6. The molecule has 3 nitrogen and oxygen atoms in total. The average Bonchev–Trinajstić information content (AvgIpc) is 2.64. The van der Waals surface area contributed by atoms with E-state index in [0.29, 0.717) is 21.3 Å².